The van der Waals surface area contributed by atoms with E-state index in [1.165, 1.54) is 0 Å². The molecule has 2 nitrogen and oxygen atoms in total. The third-order valence-electron chi connectivity index (χ3n) is 3.53. The van der Waals surface area contributed by atoms with Gasteiger partial charge in [0.15, 0.2) is 0 Å². The Labute approximate surface area is 120 Å². The Hall–Kier alpha value is -1.00. The van der Waals surface area contributed by atoms with Crippen molar-refractivity contribution in [1.29, 1.82) is 0 Å². The van der Waals surface area contributed by atoms with Crippen LogP contribution in [0.25, 0.3) is 0 Å². The Kier molecular flexibility index (Phi) is 7.70. The highest BCUT2D eigenvalue weighted by Gasteiger charge is 2.09. The molecular weight excluding hydrogens is 260 g/mol. The molecule has 0 spiro atoms. The monoisotopic (exact) mass is 285 g/mol. The average molecular weight is 285 g/mol. The molecule has 4 heteroatoms. The summed E-state index contributed by atoms with van der Waals surface area (Å²) in [5.41, 5.74) is 1.12. The zero-order chi connectivity index (χ0) is 15.0. The topological polar surface area (TPSA) is 21.3 Å². The van der Waals surface area contributed by atoms with E-state index in [9.17, 15) is 8.78 Å². The van der Waals surface area contributed by atoms with Crippen LogP contribution in [0.4, 0.5) is 8.78 Å². The van der Waals surface area contributed by atoms with Gasteiger partial charge in [0, 0.05) is 19.7 Å². The van der Waals surface area contributed by atoms with Crippen molar-refractivity contribution in [2.45, 2.75) is 33.1 Å². The van der Waals surface area contributed by atoms with Gasteiger partial charge in [0.05, 0.1) is 6.61 Å². The number of methoxy groups -OCH3 is 1. The van der Waals surface area contributed by atoms with E-state index in [1.54, 1.807) is 20.1 Å². The van der Waals surface area contributed by atoms with Crippen LogP contribution in [0.3, 0.4) is 0 Å². The standard InChI is InChI=1S/C16H25F2NO/c1-12(6-7-19-8-9-20-3)4-5-14-10-13(2)15(17)11-16(14)18/h10-12,19H,4-9H2,1-3H3. The first kappa shape index (κ1) is 17.1. The lowest BCUT2D eigenvalue weighted by Crippen LogP contribution is -2.21. The molecule has 0 saturated carbocycles. The molecule has 0 aliphatic carbocycles. The van der Waals surface area contributed by atoms with Gasteiger partial charge in [-0.25, -0.2) is 8.78 Å². The molecule has 0 radical (unpaired) electrons. The lowest BCUT2D eigenvalue weighted by molar-refractivity contribution is 0.199. The molecular formula is C16H25F2NO. The molecule has 114 valence electrons. The van der Waals surface area contributed by atoms with E-state index >= 15 is 0 Å². The normalized spacial score (nSPS) is 12.7. The minimum atomic E-state index is -0.471. The van der Waals surface area contributed by atoms with Crippen molar-refractivity contribution in [3.05, 3.63) is 34.9 Å². The molecule has 1 unspecified atom stereocenters. The Morgan fingerprint density at radius 3 is 2.60 bits per heavy atom. The number of aryl methyl sites for hydroxylation is 2. The number of nitrogens with one attached hydrogen (secondary N) is 1. The largest absolute Gasteiger partial charge is 0.383 e. The smallest absolute Gasteiger partial charge is 0.129 e. The van der Waals surface area contributed by atoms with Crippen LogP contribution in [0, 0.1) is 24.5 Å². The quantitative estimate of drug-likeness (QED) is 0.702. The summed E-state index contributed by atoms with van der Waals surface area (Å²) in [6.07, 6.45) is 2.62. The maximum atomic E-state index is 13.6. The highest BCUT2D eigenvalue weighted by atomic mass is 19.1. The summed E-state index contributed by atoms with van der Waals surface area (Å²) in [5.74, 6) is -0.394. The van der Waals surface area contributed by atoms with E-state index < -0.39 is 11.6 Å². The summed E-state index contributed by atoms with van der Waals surface area (Å²) >= 11 is 0. The minimum Gasteiger partial charge on any atom is -0.383 e. The van der Waals surface area contributed by atoms with Crippen LogP contribution >= 0.6 is 0 Å². The third kappa shape index (κ3) is 5.97. The second-order valence-electron chi connectivity index (χ2n) is 5.37. The van der Waals surface area contributed by atoms with Crippen molar-refractivity contribution < 1.29 is 13.5 Å². The predicted octanol–water partition coefficient (Wildman–Crippen LogP) is 3.47. The SMILES string of the molecule is COCCNCCC(C)CCc1cc(C)c(F)cc1F. The fourth-order valence-corrected chi connectivity index (χ4v) is 2.10. The zero-order valence-electron chi connectivity index (χ0n) is 12.6. The minimum absolute atomic E-state index is 0.432. The van der Waals surface area contributed by atoms with Crippen LogP contribution in [-0.2, 0) is 11.2 Å². The van der Waals surface area contributed by atoms with Gasteiger partial charge in [0.2, 0.25) is 0 Å². The van der Waals surface area contributed by atoms with Crippen molar-refractivity contribution in [2.75, 3.05) is 26.8 Å². The van der Waals surface area contributed by atoms with Gasteiger partial charge in [-0.15, -0.1) is 0 Å². The average Bonchev–Trinajstić information content (AvgIpc) is 2.41. The van der Waals surface area contributed by atoms with E-state index in [0.717, 1.165) is 32.0 Å². The van der Waals surface area contributed by atoms with Crippen molar-refractivity contribution in [3.8, 4) is 0 Å². The Morgan fingerprint density at radius 1 is 1.15 bits per heavy atom. The van der Waals surface area contributed by atoms with Crippen molar-refractivity contribution in [2.24, 2.45) is 5.92 Å². The molecule has 0 aliphatic heterocycles. The first-order chi connectivity index (χ1) is 9.54. The molecule has 0 fully saturated rings. The molecule has 0 bridgehead atoms. The number of ether oxygens (including phenoxy) is 1. The zero-order valence-corrected chi connectivity index (χ0v) is 12.6. The van der Waals surface area contributed by atoms with Crippen LogP contribution < -0.4 is 5.32 Å². The van der Waals surface area contributed by atoms with Gasteiger partial charge in [-0.1, -0.05) is 13.0 Å². The molecule has 20 heavy (non-hydrogen) atoms. The molecule has 1 aromatic carbocycles. The predicted molar refractivity (Wildman–Crippen MR) is 77.9 cm³/mol. The summed E-state index contributed by atoms with van der Waals surface area (Å²) in [7, 11) is 1.68. The molecule has 0 saturated heterocycles. The van der Waals surface area contributed by atoms with E-state index in [2.05, 4.69) is 12.2 Å². The van der Waals surface area contributed by atoms with Crippen LogP contribution in [-0.4, -0.2) is 26.8 Å². The lowest BCUT2D eigenvalue weighted by atomic mass is 9.97. The van der Waals surface area contributed by atoms with Crippen LogP contribution in [0.5, 0.6) is 0 Å². The number of hydrogen-bond donors (Lipinski definition) is 1. The summed E-state index contributed by atoms with van der Waals surface area (Å²) in [5, 5.41) is 3.29. The van der Waals surface area contributed by atoms with Gasteiger partial charge >= 0.3 is 0 Å². The molecule has 0 aromatic heterocycles. The van der Waals surface area contributed by atoms with Gasteiger partial charge in [0.1, 0.15) is 11.6 Å². The number of benzene rings is 1. The Morgan fingerprint density at radius 2 is 1.90 bits per heavy atom. The summed E-state index contributed by atoms with van der Waals surface area (Å²) in [6.45, 7) is 6.34. The maximum absolute atomic E-state index is 13.6. The molecule has 1 atom stereocenters. The van der Waals surface area contributed by atoms with Gasteiger partial charge in [-0.3, -0.25) is 0 Å². The second kappa shape index (κ2) is 9.03. The maximum Gasteiger partial charge on any atom is 0.129 e. The lowest BCUT2D eigenvalue weighted by Gasteiger charge is -2.13. The van der Waals surface area contributed by atoms with E-state index in [-0.39, 0.29) is 0 Å². The van der Waals surface area contributed by atoms with Gasteiger partial charge in [0.25, 0.3) is 0 Å². The van der Waals surface area contributed by atoms with Crippen molar-refractivity contribution in [3.63, 3.8) is 0 Å². The molecule has 1 N–H and O–H groups in total. The van der Waals surface area contributed by atoms with Crippen LogP contribution in [0.2, 0.25) is 0 Å². The van der Waals surface area contributed by atoms with Crippen LogP contribution in [0.1, 0.15) is 30.9 Å². The van der Waals surface area contributed by atoms with E-state index in [0.29, 0.717) is 30.1 Å². The third-order valence-corrected chi connectivity index (χ3v) is 3.53. The molecule has 0 heterocycles. The van der Waals surface area contributed by atoms with E-state index in [1.807, 2.05) is 0 Å². The van der Waals surface area contributed by atoms with Gasteiger partial charge in [-0.2, -0.15) is 0 Å². The molecule has 1 rings (SSSR count). The summed E-state index contributed by atoms with van der Waals surface area (Å²) < 4.78 is 31.7. The Balaban J connectivity index is 2.30. The van der Waals surface area contributed by atoms with Crippen molar-refractivity contribution in [1.82, 2.24) is 5.32 Å². The Bertz CT molecular complexity index is 410. The first-order valence-corrected chi connectivity index (χ1v) is 7.18. The molecule has 0 amide bonds. The summed E-state index contributed by atoms with van der Waals surface area (Å²) in [6, 6.07) is 2.61. The number of halogens is 2. The number of rotatable bonds is 9. The molecule has 1 aromatic rings. The fraction of sp³-hybridized carbons (Fsp3) is 0.625. The van der Waals surface area contributed by atoms with E-state index in [4.69, 9.17) is 4.74 Å². The van der Waals surface area contributed by atoms with Crippen LogP contribution in [0.15, 0.2) is 12.1 Å². The first-order valence-electron chi connectivity index (χ1n) is 7.18. The van der Waals surface area contributed by atoms with Crippen molar-refractivity contribution >= 4 is 0 Å². The summed E-state index contributed by atoms with van der Waals surface area (Å²) in [4.78, 5) is 0. The molecule has 0 aliphatic rings. The van der Waals surface area contributed by atoms with Gasteiger partial charge < -0.3 is 10.1 Å². The highest BCUT2D eigenvalue weighted by Crippen LogP contribution is 2.18. The van der Waals surface area contributed by atoms with Gasteiger partial charge in [-0.05, 0) is 49.8 Å². The number of hydrogen-bond acceptors (Lipinski definition) is 2. The fourth-order valence-electron chi connectivity index (χ4n) is 2.10. The highest BCUT2D eigenvalue weighted by molar-refractivity contribution is 5.25. The second-order valence-corrected chi connectivity index (χ2v) is 5.37.